The first-order valence-corrected chi connectivity index (χ1v) is 8.64. The number of nitrogens with zero attached hydrogens (tertiary/aromatic N) is 1. The summed E-state index contributed by atoms with van der Waals surface area (Å²) in [5.74, 6) is -2.38. The predicted octanol–water partition coefficient (Wildman–Crippen LogP) is 3.52. The minimum absolute atomic E-state index is 0.221. The average molecular weight is 376 g/mol. The molecule has 0 unspecified atom stereocenters. The van der Waals surface area contributed by atoms with Crippen molar-refractivity contribution in [3.05, 3.63) is 64.6 Å². The van der Waals surface area contributed by atoms with Crippen LogP contribution in [0.5, 0.6) is 0 Å². The van der Waals surface area contributed by atoms with Crippen molar-refractivity contribution in [3.63, 3.8) is 0 Å². The Bertz CT molecular complexity index is 821. The van der Waals surface area contributed by atoms with E-state index in [0.29, 0.717) is 16.4 Å². The van der Waals surface area contributed by atoms with E-state index >= 15 is 0 Å². The Balaban J connectivity index is 1.81. The first-order chi connectivity index (χ1) is 12.5. The standard InChI is InChI=1S/C19H19ClFN3O2/c20-15-8-14(9-16(21)18(25)26)11-23-17(15)24-19(6-7-22-12-19)10-13-4-2-1-3-5-13/h1-5,8-9,11,22H,6-7,10,12H2,(H,23,24)(H,25,26)/b16-9-/t19-/m0/s1. The lowest BCUT2D eigenvalue weighted by Crippen LogP contribution is -2.43. The molecule has 0 saturated carbocycles. The maximum atomic E-state index is 13.2. The van der Waals surface area contributed by atoms with Crippen LogP contribution in [0.1, 0.15) is 17.5 Å². The Hall–Kier alpha value is -2.44. The van der Waals surface area contributed by atoms with Gasteiger partial charge in [0.1, 0.15) is 5.82 Å². The zero-order chi connectivity index (χ0) is 18.6. The third-order valence-electron chi connectivity index (χ3n) is 4.37. The predicted molar refractivity (Wildman–Crippen MR) is 100.0 cm³/mol. The molecule has 1 atom stereocenters. The Morgan fingerprint density at radius 1 is 1.42 bits per heavy atom. The van der Waals surface area contributed by atoms with Gasteiger partial charge in [0.05, 0.1) is 10.6 Å². The van der Waals surface area contributed by atoms with Crippen molar-refractivity contribution in [2.75, 3.05) is 18.4 Å². The molecule has 1 aliphatic heterocycles. The highest BCUT2D eigenvalue weighted by atomic mass is 35.5. The average Bonchev–Trinajstić information content (AvgIpc) is 3.06. The number of carbonyl (C=O) groups is 1. The maximum absolute atomic E-state index is 13.2. The molecule has 136 valence electrons. The van der Waals surface area contributed by atoms with Crippen molar-refractivity contribution < 1.29 is 14.3 Å². The summed E-state index contributed by atoms with van der Waals surface area (Å²) in [4.78, 5) is 14.9. The van der Waals surface area contributed by atoms with Crippen LogP contribution in [0.2, 0.25) is 5.02 Å². The quantitative estimate of drug-likeness (QED) is 0.674. The number of carboxylic acids is 1. The van der Waals surface area contributed by atoms with E-state index in [-0.39, 0.29) is 5.54 Å². The minimum Gasteiger partial charge on any atom is -0.476 e. The van der Waals surface area contributed by atoms with Gasteiger partial charge in [-0.05, 0) is 42.7 Å². The summed E-state index contributed by atoms with van der Waals surface area (Å²) in [6.07, 6.45) is 4.01. The highest BCUT2D eigenvalue weighted by Gasteiger charge is 2.34. The van der Waals surface area contributed by atoms with E-state index < -0.39 is 11.8 Å². The molecule has 5 nitrogen and oxygen atoms in total. The smallest absolute Gasteiger partial charge is 0.364 e. The lowest BCUT2D eigenvalue weighted by molar-refractivity contribution is -0.134. The van der Waals surface area contributed by atoms with Gasteiger partial charge in [-0.25, -0.2) is 9.78 Å². The number of hydrogen-bond acceptors (Lipinski definition) is 4. The van der Waals surface area contributed by atoms with Crippen LogP contribution in [0.25, 0.3) is 6.08 Å². The third kappa shape index (κ3) is 4.39. The first kappa shape index (κ1) is 18.4. The van der Waals surface area contributed by atoms with Gasteiger partial charge in [-0.15, -0.1) is 0 Å². The molecule has 3 rings (SSSR count). The van der Waals surface area contributed by atoms with Crippen LogP contribution in [0, 0.1) is 0 Å². The van der Waals surface area contributed by atoms with Gasteiger partial charge < -0.3 is 15.7 Å². The van der Waals surface area contributed by atoms with Crippen LogP contribution in [0.3, 0.4) is 0 Å². The molecule has 1 aromatic heterocycles. The molecule has 0 aliphatic carbocycles. The number of rotatable bonds is 6. The van der Waals surface area contributed by atoms with Gasteiger partial charge in [0.25, 0.3) is 0 Å². The molecule has 7 heteroatoms. The number of nitrogens with one attached hydrogen (secondary N) is 2. The van der Waals surface area contributed by atoms with Crippen molar-refractivity contribution >= 4 is 29.5 Å². The monoisotopic (exact) mass is 375 g/mol. The maximum Gasteiger partial charge on any atom is 0.364 e. The molecule has 1 aromatic carbocycles. The molecule has 0 bridgehead atoms. The highest BCUT2D eigenvalue weighted by molar-refractivity contribution is 6.33. The Morgan fingerprint density at radius 2 is 2.19 bits per heavy atom. The molecule has 0 spiro atoms. The van der Waals surface area contributed by atoms with Crippen molar-refractivity contribution in [1.82, 2.24) is 10.3 Å². The number of aliphatic carboxylic acids is 1. The summed E-state index contributed by atoms with van der Waals surface area (Å²) >= 11 is 6.29. The summed E-state index contributed by atoms with van der Waals surface area (Å²) in [7, 11) is 0. The van der Waals surface area contributed by atoms with E-state index in [4.69, 9.17) is 16.7 Å². The van der Waals surface area contributed by atoms with Gasteiger partial charge in [0.15, 0.2) is 0 Å². The van der Waals surface area contributed by atoms with Crippen LogP contribution in [0.15, 0.2) is 48.4 Å². The fourth-order valence-corrected chi connectivity index (χ4v) is 3.34. The number of aromatic nitrogens is 1. The lowest BCUT2D eigenvalue weighted by Gasteiger charge is -2.31. The van der Waals surface area contributed by atoms with E-state index in [9.17, 15) is 9.18 Å². The molecule has 1 saturated heterocycles. The van der Waals surface area contributed by atoms with Crippen molar-refractivity contribution in [1.29, 1.82) is 0 Å². The largest absolute Gasteiger partial charge is 0.476 e. The second-order valence-corrected chi connectivity index (χ2v) is 6.80. The van der Waals surface area contributed by atoms with E-state index in [2.05, 4.69) is 27.8 Å². The number of carboxylic acid groups (broad SMARTS) is 1. The van der Waals surface area contributed by atoms with E-state index in [0.717, 1.165) is 32.0 Å². The molecule has 0 radical (unpaired) electrons. The molecular formula is C19H19ClFN3O2. The van der Waals surface area contributed by atoms with Gasteiger partial charge in [0, 0.05) is 12.7 Å². The van der Waals surface area contributed by atoms with Crippen molar-refractivity contribution in [3.8, 4) is 0 Å². The molecule has 2 heterocycles. The first-order valence-electron chi connectivity index (χ1n) is 8.26. The molecule has 0 amide bonds. The van der Waals surface area contributed by atoms with Gasteiger partial charge >= 0.3 is 5.97 Å². The number of hydrogen-bond donors (Lipinski definition) is 3. The number of benzene rings is 1. The van der Waals surface area contributed by atoms with Crippen molar-refractivity contribution in [2.24, 2.45) is 0 Å². The topological polar surface area (TPSA) is 74.2 Å². The number of halogens is 2. The van der Waals surface area contributed by atoms with Gasteiger partial charge in [-0.3, -0.25) is 0 Å². The molecule has 3 N–H and O–H groups in total. The van der Waals surface area contributed by atoms with Crippen LogP contribution in [-0.2, 0) is 11.2 Å². The number of pyridine rings is 1. The highest BCUT2D eigenvalue weighted by Crippen LogP contribution is 2.29. The van der Waals surface area contributed by atoms with Crippen LogP contribution < -0.4 is 10.6 Å². The Morgan fingerprint density at radius 3 is 2.81 bits per heavy atom. The molecule has 2 aromatic rings. The van der Waals surface area contributed by atoms with Crippen molar-refractivity contribution in [2.45, 2.75) is 18.4 Å². The SMILES string of the molecule is O=C(O)/C(F)=C/c1cnc(N[C@]2(Cc3ccccc3)CCNC2)c(Cl)c1. The molecule has 1 fully saturated rings. The van der Waals surface area contributed by atoms with Crippen LogP contribution in [0.4, 0.5) is 10.2 Å². The zero-order valence-corrected chi connectivity index (χ0v) is 14.8. The second-order valence-electron chi connectivity index (χ2n) is 6.39. The van der Waals surface area contributed by atoms with Gasteiger partial charge in [-0.1, -0.05) is 41.9 Å². The summed E-state index contributed by atoms with van der Waals surface area (Å²) in [5, 5.41) is 15.7. The normalized spacial score (nSPS) is 20.2. The zero-order valence-electron chi connectivity index (χ0n) is 14.0. The summed E-state index contributed by atoms with van der Waals surface area (Å²) in [6.45, 7) is 1.66. The summed E-state index contributed by atoms with van der Waals surface area (Å²) in [5.41, 5.74) is 1.28. The van der Waals surface area contributed by atoms with Gasteiger partial charge in [0.2, 0.25) is 5.83 Å². The molecular weight excluding hydrogens is 357 g/mol. The van der Waals surface area contributed by atoms with Crippen LogP contribution in [-0.4, -0.2) is 34.7 Å². The fourth-order valence-electron chi connectivity index (χ4n) is 3.11. The van der Waals surface area contributed by atoms with E-state index in [1.165, 1.54) is 17.8 Å². The molecule has 1 aliphatic rings. The summed E-state index contributed by atoms with van der Waals surface area (Å²) in [6, 6.07) is 11.7. The lowest BCUT2D eigenvalue weighted by atomic mass is 9.90. The molecule has 26 heavy (non-hydrogen) atoms. The summed E-state index contributed by atoms with van der Waals surface area (Å²) < 4.78 is 13.2. The third-order valence-corrected chi connectivity index (χ3v) is 4.66. The second kappa shape index (κ2) is 7.85. The number of anilines is 1. The van der Waals surface area contributed by atoms with E-state index in [1.807, 2.05) is 18.2 Å². The van der Waals surface area contributed by atoms with Gasteiger partial charge in [-0.2, -0.15) is 4.39 Å². The Labute approximate surface area is 155 Å². The fraction of sp³-hybridized carbons (Fsp3) is 0.263. The van der Waals surface area contributed by atoms with E-state index in [1.54, 1.807) is 0 Å². The minimum atomic E-state index is -1.62. The van der Waals surface area contributed by atoms with Crippen LogP contribution >= 0.6 is 11.6 Å². The Kier molecular flexibility index (Phi) is 5.54.